The van der Waals surface area contributed by atoms with Crippen LogP contribution in [0.2, 0.25) is 0 Å². The van der Waals surface area contributed by atoms with Gasteiger partial charge in [0.25, 0.3) is 0 Å². The quantitative estimate of drug-likeness (QED) is 0.142. The van der Waals surface area contributed by atoms with Crippen molar-refractivity contribution in [1.29, 1.82) is 0 Å². The number of hydrogen-bond donors (Lipinski definition) is 0. The number of para-hydroxylation sites is 7. The van der Waals surface area contributed by atoms with Crippen LogP contribution in [-0.2, 0) is 27.5 Å². The average Bonchev–Trinajstić information content (AvgIpc) is 4.14. The van der Waals surface area contributed by atoms with E-state index in [2.05, 4.69) is 258 Å². The maximum atomic E-state index is 6.67. The van der Waals surface area contributed by atoms with Gasteiger partial charge >= 0.3 is 0 Å². The van der Waals surface area contributed by atoms with Gasteiger partial charge in [-0.25, -0.2) is 4.98 Å². The van der Waals surface area contributed by atoms with Gasteiger partial charge in [0, 0.05) is 88.3 Å². The molecule has 0 radical (unpaired) electrons. The largest absolute Gasteiger partial charge is 0.509 e. The molecule has 14 rings (SSSR count). The van der Waals surface area contributed by atoms with Crippen molar-refractivity contribution >= 4 is 82.5 Å². The minimum Gasteiger partial charge on any atom is -0.509 e. The Morgan fingerprint density at radius 2 is 0.959 bits per heavy atom. The fourth-order valence-corrected chi connectivity index (χ4v) is 11.5. The molecule has 0 atom stereocenters. The molecule has 74 heavy (non-hydrogen) atoms. The summed E-state index contributed by atoms with van der Waals surface area (Å²) in [5.74, 6) is 2.01. The second-order valence-corrected chi connectivity index (χ2v) is 20.4. The number of anilines is 3. The minimum absolute atomic E-state index is 0. The zero-order valence-corrected chi connectivity index (χ0v) is 43.6. The summed E-state index contributed by atoms with van der Waals surface area (Å²) in [6, 6.07) is 78.6. The smallest absolute Gasteiger partial charge is 0.135 e. The molecule has 0 bridgehead atoms. The molecular weight excluding hydrogens is 1090 g/mol. The van der Waals surface area contributed by atoms with Gasteiger partial charge in [-0.15, -0.1) is 41.4 Å². The van der Waals surface area contributed by atoms with Crippen molar-refractivity contribution in [2.24, 2.45) is 5.41 Å². The summed E-state index contributed by atoms with van der Waals surface area (Å²) in [5, 5.41) is 7.06. The molecule has 7 nitrogen and oxygen atoms in total. The summed E-state index contributed by atoms with van der Waals surface area (Å²) in [6.07, 6.45) is 2.93. The van der Waals surface area contributed by atoms with Gasteiger partial charge in [0.1, 0.15) is 5.82 Å². The number of pyridine rings is 1. The van der Waals surface area contributed by atoms with Gasteiger partial charge in [-0.05, 0) is 90.5 Å². The van der Waals surface area contributed by atoms with Gasteiger partial charge in [0.15, 0.2) is 0 Å². The summed E-state index contributed by atoms with van der Waals surface area (Å²) in [6.45, 7) is 9.06. The summed E-state index contributed by atoms with van der Waals surface area (Å²) in [7, 11) is 2.06. The Labute approximate surface area is 444 Å². The number of hydrogen-bond acceptors (Lipinski definition) is 4. The number of fused-ring (bicyclic) bond motifs is 10. The molecule has 362 valence electrons. The van der Waals surface area contributed by atoms with E-state index in [-0.39, 0.29) is 26.5 Å². The average molecular weight is 1140 g/mol. The second kappa shape index (κ2) is 17.7. The van der Waals surface area contributed by atoms with Crippen LogP contribution in [0.4, 0.5) is 17.1 Å². The maximum Gasteiger partial charge on any atom is 0.135 e. The molecule has 9 aromatic carbocycles. The zero-order valence-electron chi connectivity index (χ0n) is 41.3. The van der Waals surface area contributed by atoms with Crippen molar-refractivity contribution in [3.63, 3.8) is 0 Å². The fourth-order valence-electron chi connectivity index (χ4n) is 11.5. The SMILES string of the molecule is CN1[CH-]N(c2[c-]c(Oc3[c-]c4c(cc3)c3ccccc3n4-c3cc(CC(C)(C)C)c(-c4c(-n5c6ccccc6c6ccccc65)cccc4-n4c5ccccc5c5ccccc54)cn3)ccc2)c2ccccc21.[Pt]. The predicted octanol–water partition coefficient (Wildman–Crippen LogP) is 16.7. The number of aromatic nitrogens is 4. The molecule has 0 fully saturated rings. The van der Waals surface area contributed by atoms with Gasteiger partial charge in [0.05, 0.1) is 33.4 Å². The van der Waals surface area contributed by atoms with E-state index in [1.54, 1.807) is 0 Å². The van der Waals surface area contributed by atoms with Crippen LogP contribution in [0.3, 0.4) is 0 Å². The maximum absolute atomic E-state index is 6.67. The van der Waals surface area contributed by atoms with Crippen molar-refractivity contribution in [3.8, 4) is 39.8 Å². The Balaban J connectivity index is 0.00000528. The first-order chi connectivity index (χ1) is 35.8. The molecule has 0 amide bonds. The van der Waals surface area contributed by atoms with Crippen LogP contribution in [0.25, 0.3) is 93.7 Å². The molecule has 13 aromatic rings. The molecule has 1 aliphatic heterocycles. The monoisotopic (exact) mass is 1140 g/mol. The minimum atomic E-state index is -0.0779. The van der Waals surface area contributed by atoms with Crippen LogP contribution < -0.4 is 14.5 Å². The Bertz CT molecular complexity index is 4110. The van der Waals surface area contributed by atoms with E-state index in [1.165, 1.54) is 27.1 Å². The predicted molar refractivity (Wildman–Crippen MR) is 301 cm³/mol. The van der Waals surface area contributed by atoms with Crippen LogP contribution in [-0.4, -0.2) is 25.7 Å². The van der Waals surface area contributed by atoms with Crippen LogP contribution >= 0.6 is 0 Å². The van der Waals surface area contributed by atoms with E-state index in [9.17, 15) is 0 Å². The van der Waals surface area contributed by atoms with Gasteiger partial charge in [0.2, 0.25) is 0 Å². The molecule has 0 spiro atoms. The number of ether oxygens (including phenoxy) is 1. The Hall–Kier alpha value is -8.38. The van der Waals surface area contributed by atoms with Crippen LogP contribution in [0, 0.1) is 24.2 Å². The molecule has 0 aliphatic carbocycles. The second-order valence-electron chi connectivity index (χ2n) is 20.4. The van der Waals surface area contributed by atoms with Crippen molar-refractivity contribution in [1.82, 2.24) is 18.7 Å². The number of rotatable bonds is 8. The normalized spacial score (nSPS) is 12.7. The van der Waals surface area contributed by atoms with Crippen LogP contribution in [0.5, 0.6) is 11.5 Å². The zero-order chi connectivity index (χ0) is 49.0. The Morgan fingerprint density at radius 1 is 0.486 bits per heavy atom. The molecule has 0 N–H and O–H groups in total. The fraction of sp³-hybridized carbons (Fsp3) is 0.0909. The van der Waals surface area contributed by atoms with E-state index in [0.717, 1.165) is 95.7 Å². The third kappa shape index (κ3) is 7.32. The summed E-state index contributed by atoms with van der Waals surface area (Å²) in [5.41, 5.74) is 15.2. The molecule has 5 heterocycles. The first-order valence-electron chi connectivity index (χ1n) is 25.0. The molecule has 8 heteroatoms. The Kier molecular flexibility index (Phi) is 10.9. The molecule has 4 aromatic heterocycles. The third-order valence-electron chi connectivity index (χ3n) is 14.5. The molecule has 0 unspecified atom stereocenters. The summed E-state index contributed by atoms with van der Waals surface area (Å²) in [4.78, 5) is 9.81. The van der Waals surface area contributed by atoms with Crippen molar-refractivity contribution in [3.05, 3.63) is 231 Å². The van der Waals surface area contributed by atoms with Crippen molar-refractivity contribution in [2.45, 2.75) is 27.2 Å². The van der Waals surface area contributed by atoms with Crippen molar-refractivity contribution < 1.29 is 25.8 Å². The molecule has 0 saturated heterocycles. The summed E-state index contributed by atoms with van der Waals surface area (Å²) < 4.78 is 13.9. The van der Waals surface area contributed by atoms with Crippen molar-refractivity contribution in [2.75, 3.05) is 16.8 Å². The van der Waals surface area contributed by atoms with Gasteiger partial charge in [-0.3, -0.25) is 0 Å². The topological polar surface area (TPSA) is 43.4 Å². The Morgan fingerprint density at radius 3 is 1.53 bits per heavy atom. The molecule has 1 aliphatic rings. The van der Waals surface area contributed by atoms with Gasteiger partial charge < -0.3 is 28.2 Å². The molecular formula is C66H49N6OPt-3. The van der Waals surface area contributed by atoms with E-state index in [4.69, 9.17) is 9.72 Å². The third-order valence-corrected chi connectivity index (χ3v) is 14.5. The van der Waals surface area contributed by atoms with Gasteiger partial charge in [-0.2, -0.15) is 18.8 Å². The van der Waals surface area contributed by atoms with E-state index in [1.807, 2.05) is 18.2 Å². The van der Waals surface area contributed by atoms with E-state index < -0.39 is 0 Å². The number of nitrogens with zero attached hydrogens (tertiary/aromatic N) is 6. The van der Waals surface area contributed by atoms with Gasteiger partial charge in [-0.1, -0.05) is 135 Å². The standard InChI is InChI=1S/C66H49N6O.Pt/c1-66(2,3)40-43-37-64(72-58-30-14-9-25-51(58)52-36-35-46(39-63(52)72)73-45-20-17-19-44(38-45)69-42-68(4)59-31-15-16-32-60(59)69)67-41-53(43)65-61(70-54-26-10-5-21-47(54)48-22-6-11-27-55(48)70)33-18-34-62(65)71-56-28-12-7-23-49(56)50-24-8-13-29-57(50)71;/h5-37,41-42H,40H2,1-4H3;/q-3;. The first kappa shape index (κ1) is 45.5. The first-order valence-corrected chi connectivity index (χ1v) is 25.0. The van der Waals surface area contributed by atoms with E-state index in [0.29, 0.717) is 11.5 Å². The van der Waals surface area contributed by atoms with Crippen LogP contribution in [0.15, 0.2) is 206 Å². The molecule has 0 saturated carbocycles. The van der Waals surface area contributed by atoms with Crippen LogP contribution in [0.1, 0.15) is 26.3 Å². The van der Waals surface area contributed by atoms with E-state index >= 15 is 0 Å². The summed E-state index contributed by atoms with van der Waals surface area (Å²) >= 11 is 0. The number of benzene rings is 9.